The monoisotopic (exact) mass is 442 g/mol. The highest BCUT2D eigenvalue weighted by Gasteiger charge is 2.33. The van der Waals surface area contributed by atoms with Gasteiger partial charge in [0.1, 0.15) is 12.4 Å². The Balaban J connectivity index is 1.44. The smallest absolute Gasteiger partial charge is 0.307 e. The number of rotatable bonds is 7. The Bertz CT molecular complexity index is 1150. The number of sulfonamides is 1. The van der Waals surface area contributed by atoms with Crippen LogP contribution in [-0.2, 0) is 21.4 Å². The number of nitrogens with one attached hydrogen (secondary N) is 1. The van der Waals surface area contributed by atoms with Crippen LogP contribution < -0.4 is 4.74 Å². The molecule has 1 atom stereocenters. The lowest BCUT2D eigenvalue weighted by Crippen LogP contribution is -2.42. The summed E-state index contributed by atoms with van der Waals surface area (Å²) in [5.74, 6) is -1.08. The zero-order valence-corrected chi connectivity index (χ0v) is 17.5. The first-order valence-electron chi connectivity index (χ1n) is 9.84. The number of pyridine rings is 1. The summed E-state index contributed by atoms with van der Waals surface area (Å²) < 4.78 is 33.0. The maximum Gasteiger partial charge on any atom is 0.307 e. The van der Waals surface area contributed by atoms with E-state index in [9.17, 15) is 18.3 Å². The van der Waals surface area contributed by atoms with Gasteiger partial charge in [-0.15, -0.1) is 0 Å². The summed E-state index contributed by atoms with van der Waals surface area (Å²) in [4.78, 5) is 15.7. The number of aromatic amines is 1. The van der Waals surface area contributed by atoms with E-state index < -0.39 is 21.9 Å². The van der Waals surface area contributed by atoms with Gasteiger partial charge in [0.15, 0.2) is 0 Å². The van der Waals surface area contributed by atoms with E-state index in [4.69, 9.17) is 4.74 Å². The standard InChI is InChI=1S/C21H22N4O5S/c26-21(27)16-4-2-10-25(13-16)31(28,29)18-5-1-3-15(11-18)14-30-17-6-7-19(22-12-17)20-8-9-23-24-20/h1,3,5-9,11-12,16H,2,4,10,13-14H2,(H,23,24)(H,26,27)/t16-/m1/s1. The van der Waals surface area contributed by atoms with Crippen molar-refractivity contribution in [1.29, 1.82) is 0 Å². The third-order valence-corrected chi connectivity index (χ3v) is 7.05. The Morgan fingerprint density at radius 1 is 1.26 bits per heavy atom. The van der Waals surface area contributed by atoms with E-state index in [2.05, 4.69) is 15.2 Å². The van der Waals surface area contributed by atoms with E-state index in [0.717, 1.165) is 11.4 Å². The molecule has 9 nitrogen and oxygen atoms in total. The van der Waals surface area contributed by atoms with E-state index in [1.807, 2.05) is 6.07 Å². The third-order valence-electron chi connectivity index (χ3n) is 5.19. The van der Waals surface area contributed by atoms with Crippen LogP contribution in [-0.4, -0.2) is 52.1 Å². The van der Waals surface area contributed by atoms with E-state index in [-0.39, 0.29) is 18.0 Å². The van der Waals surface area contributed by atoms with Gasteiger partial charge >= 0.3 is 5.97 Å². The van der Waals surface area contributed by atoms with E-state index in [1.54, 1.807) is 42.7 Å². The van der Waals surface area contributed by atoms with Gasteiger partial charge < -0.3 is 9.84 Å². The molecule has 1 aromatic carbocycles. The molecule has 10 heteroatoms. The molecular weight excluding hydrogens is 420 g/mol. The van der Waals surface area contributed by atoms with Crippen LogP contribution in [0.1, 0.15) is 18.4 Å². The van der Waals surface area contributed by atoms with Crippen molar-refractivity contribution in [1.82, 2.24) is 19.5 Å². The lowest BCUT2D eigenvalue weighted by Gasteiger charge is -2.29. The molecule has 1 saturated heterocycles. The molecule has 1 fully saturated rings. The van der Waals surface area contributed by atoms with Crippen molar-refractivity contribution in [2.45, 2.75) is 24.3 Å². The van der Waals surface area contributed by atoms with E-state index >= 15 is 0 Å². The van der Waals surface area contributed by atoms with Crippen molar-refractivity contribution >= 4 is 16.0 Å². The second-order valence-electron chi connectivity index (χ2n) is 7.33. The molecule has 162 valence electrons. The number of carboxylic acids is 1. The molecule has 0 saturated carbocycles. The first-order valence-corrected chi connectivity index (χ1v) is 11.3. The number of hydrogen-bond acceptors (Lipinski definition) is 6. The fourth-order valence-corrected chi connectivity index (χ4v) is 5.09. The summed E-state index contributed by atoms with van der Waals surface area (Å²) in [6.07, 6.45) is 4.26. The van der Waals surface area contributed by atoms with E-state index in [1.165, 1.54) is 10.4 Å². The lowest BCUT2D eigenvalue weighted by molar-refractivity contribution is -0.142. The molecule has 31 heavy (non-hydrogen) atoms. The number of piperidine rings is 1. The van der Waals surface area contributed by atoms with E-state index in [0.29, 0.717) is 30.7 Å². The maximum atomic E-state index is 13.0. The fourth-order valence-electron chi connectivity index (χ4n) is 3.50. The number of H-pyrrole nitrogens is 1. The molecule has 0 aliphatic carbocycles. The molecule has 0 amide bonds. The minimum absolute atomic E-state index is 0.00720. The third kappa shape index (κ3) is 4.75. The van der Waals surface area contributed by atoms with Crippen LogP contribution in [0.3, 0.4) is 0 Å². The normalized spacial score (nSPS) is 17.4. The molecular formula is C21H22N4O5S. The quantitative estimate of drug-likeness (QED) is 0.576. The Hall–Kier alpha value is -3.24. The minimum atomic E-state index is -3.77. The van der Waals surface area contributed by atoms with Gasteiger partial charge in [0, 0.05) is 19.3 Å². The zero-order valence-electron chi connectivity index (χ0n) is 16.6. The molecule has 0 radical (unpaired) electrons. The van der Waals surface area contributed by atoms with Crippen LogP contribution >= 0.6 is 0 Å². The Morgan fingerprint density at radius 2 is 2.13 bits per heavy atom. The lowest BCUT2D eigenvalue weighted by atomic mass is 10.0. The summed E-state index contributed by atoms with van der Waals surface area (Å²) in [6.45, 7) is 0.486. The number of carboxylic acid groups (broad SMARTS) is 1. The number of aromatic nitrogens is 3. The average Bonchev–Trinajstić information content (AvgIpc) is 3.33. The van der Waals surface area contributed by atoms with Crippen LogP contribution in [0.5, 0.6) is 5.75 Å². The highest BCUT2D eigenvalue weighted by Crippen LogP contribution is 2.25. The maximum absolute atomic E-state index is 13.0. The minimum Gasteiger partial charge on any atom is -0.487 e. The Morgan fingerprint density at radius 3 is 2.84 bits per heavy atom. The molecule has 0 spiro atoms. The highest BCUT2D eigenvalue weighted by atomic mass is 32.2. The van der Waals surface area contributed by atoms with Crippen molar-refractivity contribution in [3.63, 3.8) is 0 Å². The number of benzene rings is 1. The number of nitrogens with zero attached hydrogens (tertiary/aromatic N) is 3. The van der Waals surface area contributed by atoms with Crippen molar-refractivity contribution in [3.8, 4) is 17.1 Å². The van der Waals surface area contributed by atoms with Crippen LogP contribution in [0, 0.1) is 5.92 Å². The summed E-state index contributed by atoms with van der Waals surface area (Å²) in [5.41, 5.74) is 2.22. The number of ether oxygens (including phenoxy) is 1. The van der Waals surface area contributed by atoms with Gasteiger partial charge in [0.25, 0.3) is 0 Å². The zero-order chi connectivity index (χ0) is 21.8. The largest absolute Gasteiger partial charge is 0.487 e. The van der Waals surface area contributed by atoms with Gasteiger partial charge in [-0.2, -0.15) is 9.40 Å². The average molecular weight is 442 g/mol. The summed E-state index contributed by atoms with van der Waals surface area (Å²) in [6, 6.07) is 11.9. The predicted molar refractivity (Wildman–Crippen MR) is 112 cm³/mol. The van der Waals surface area contributed by atoms with Crippen molar-refractivity contribution < 1.29 is 23.1 Å². The topological polar surface area (TPSA) is 125 Å². The molecule has 2 aromatic heterocycles. The number of hydrogen-bond donors (Lipinski definition) is 2. The molecule has 3 aromatic rings. The highest BCUT2D eigenvalue weighted by molar-refractivity contribution is 7.89. The Kier molecular flexibility index (Phi) is 6.01. The SMILES string of the molecule is O=C(O)[C@@H]1CCCN(S(=O)(=O)c2cccc(COc3ccc(-c4ccn[nH]4)nc3)c2)C1. The molecule has 2 N–H and O–H groups in total. The van der Waals surface area contributed by atoms with Gasteiger partial charge in [-0.1, -0.05) is 12.1 Å². The van der Waals surface area contributed by atoms with Gasteiger partial charge in [0.05, 0.1) is 28.4 Å². The van der Waals surface area contributed by atoms with Gasteiger partial charge in [-0.25, -0.2) is 8.42 Å². The van der Waals surface area contributed by atoms with Crippen molar-refractivity contribution in [2.75, 3.05) is 13.1 Å². The Labute approximate surface area is 179 Å². The molecule has 4 rings (SSSR count). The summed E-state index contributed by atoms with van der Waals surface area (Å²) in [5, 5.41) is 16.0. The fraction of sp³-hybridized carbons (Fsp3) is 0.286. The van der Waals surface area contributed by atoms with Crippen LogP contribution in [0.4, 0.5) is 0 Å². The van der Waals surface area contributed by atoms with Crippen molar-refractivity contribution in [3.05, 3.63) is 60.4 Å². The molecule has 0 unspecified atom stereocenters. The molecule has 1 aliphatic rings. The first-order chi connectivity index (χ1) is 14.9. The second-order valence-corrected chi connectivity index (χ2v) is 9.26. The molecule has 0 bridgehead atoms. The van der Waals surface area contributed by atoms with Gasteiger partial charge in [-0.3, -0.25) is 14.9 Å². The first kappa shape index (κ1) is 21.0. The predicted octanol–water partition coefficient (Wildman–Crippen LogP) is 2.54. The number of carbonyl (C=O) groups is 1. The van der Waals surface area contributed by atoms with Gasteiger partial charge in [0.2, 0.25) is 10.0 Å². The summed E-state index contributed by atoms with van der Waals surface area (Å²) >= 11 is 0. The van der Waals surface area contributed by atoms with Crippen LogP contribution in [0.2, 0.25) is 0 Å². The van der Waals surface area contributed by atoms with Crippen LogP contribution in [0.15, 0.2) is 59.8 Å². The number of aliphatic carboxylic acids is 1. The molecule has 3 heterocycles. The molecule has 1 aliphatic heterocycles. The second kappa shape index (κ2) is 8.86. The van der Waals surface area contributed by atoms with Gasteiger partial charge in [-0.05, 0) is 48.7 Å². The van der Waals surface area contributed by atoms with Crippen molar-refractivity contribution in [2.24, 2.45) is 5.92 Å². The summed E-state index contributed by atoms with van der Waals surface area (Å²) in [7, 11) is -3.77. The van der Waals surface area contributed by atoms with Crippen LogP contribution in [0.25, 0.3) is 11.4 Å².